The van der Waals surface area contributed by atoms with Crippen molar-refractivity contribution in [1.82, 2.24) is 15.2 Å². The lowest BCUT2D eigenvalue weighted by Gasteiger charge is -2.20. The number of ether oxygens (including phenoxy) is 1. The van der Waals surface area contributed by atoms with E-state index >= 15 is 0 Å². The quantitative estimate of drug-likeness (QED) is 0.479. The number of hydrogen-bond donors (Lipinski definition) is 1. The summed E-state index contributed by atoms with van der Waals surface area (Å²) in [5, 5.41) is 3.79. The molecule has 178 valence electrons. The molecular weight excluding hydrogens is 477 g/mol. The molecule has 1 aromatic carbocycles. The second kappa shape index (κ2) is 9.24. The van der Waals surface area contributed by atoms with Gasteiger partial charge in [-0.25, -0.2) is 4.39 Å². The van der Waals surface area contributed by atoms with E-state index < -0.39 is 6.17 Å². The lowest BCUT2D eigenvalue weighted by atomic mass is 10.0. The summed E-state index contributed by atoms with van der Waals surface area (Å²) < 4.78 is 21.1. The fraction of sp³-hybridized carbons (Fsp3) is 0.400. The van der Waals surface area contributed by atoms with Crippen molar-refractivity contribution in [2.45, 2.75) is 58.0 Å². The fourth-order valence-electron chi connectivity index (χ4n) is 4.66. The lowest BCUT2D eigenvalue weighted by Crippen LogP contribution is -2.29. The van der Waals surface area contributed by atoms with E-state index in [1.807, 2.05) is 31.2 Å². The van der Waals surface area contributed by atoms with Crippen LogP contribution in [0.3, 0.4) is 0 Å². The highest BCUT2D eigenvalue weighted by atomic mass is 35.5. The van der Waals surface area contributed by atoms with Gasteiger partial charge in [-0.05, 0) is 43.7 Å². The number of fused-ring (bicyclic) bond motifs is 1. The van der Waals surface area contributed by atoms with E-state index in [1.165, 1.54) is 16.2 Å². The summed E-state index contributed by atoms with van der Waals surface area (Å²) in [6.45, 7) is 4.34. The Morgan fingerprint density at radius 2 is 2.03 bits per heavy atom. The molecule has 3 atom stereocenters. The molecule has 2 aromatic heterocycles. The van der Waals surface area contributed by atoms with Gasteiger partial charge in [0.2, 0.25) is 11.8 Å². The normalized spacial score (nSPS) is 21.6. The van der Waals surface area contributed by atoms with Gasteiger partial charge in [-0.2, -0.15) is 0 Å². The minimum absolute atomic E-state index is 0.136. The molecule has 2 fully saturated rings. The third kappa shape index (κ3) is 4.42. The Labute approximate surface area is 206 Å². The average molecular weight is 502 g/mol. The summed E-state index contributed by atoms with van der Waals surface area (Å²) in [6, 6.07) is 7.37. The van der Waals surface area contributed by atoms with Crippen molar-refractivity contribution >= 4 is 45.0 Å². The maximum atomic E-state index is 13.8. The first-order valence-electron chi connectivity index (χ1n) is 11.4. The van der Waals surface area contributed by atoms with Crippen LogP contribution >= 0.6 is 22.9 Å². The van der Waals surface area contributed by atoms with Crippen molar-refractivity contribution in [3.63, 3.8) is 0 Å². The third-order valence-electron chi connectivity index (χ3n) is 6.42. The number of rotatable bonds is 6. The number of amides is 2. The molecule has 0 radical (unpaired) electrons. The van der Waals surface area contributed by atoms with Gasteiger partial charge in [-0.15, -0.1) is 11.3 Å². The maximum absolute atomic E-state index is 13.8. The number of benzene rings is 1. The van der Waals surface area contributed by atoms with Crippen LogP contribution in [0.25, 0.3) is 21.3 Å². The van der Waals surface area contributed by atoms with Crippen molar-refractivity contribution in [3.8, 4) is 16.9 Å². The molecule has 2 aliphatic heterocycles. The average Bonchev–Trinajstić information content (AvgIpc) is 3.50. The van der Waals surface area contributed by atoms with Crippen LogP contribution in [-0.2, 0) is 16.1 Å². The van der Waals surface area contributed by atoms with E-state index in [4.69, 9.17) is 16.3 Å². The van der Waals surface area contributed by atoms with E-state index in [0.717, 1.165) is 37.5 Å². The van der Waals surface area contributed by atoms with Crippen LogP contribution in [0, 0.1) is 6.92 Å². The molecule has 0 spiro atoms. The van der Waals surface area contributed by atoms with Crippen LogP contribution in [-0.4, -0.2) is 46.6 Å². The van der Waals surface area contributed by atoms with Gasteiger partial charge in [0.25, 0.3) is 0 Å². The molecule has 9 heteroatoms. The standard InChI is InChI=1S/C25H25ClFN3O3S/c1-13-7-15(26)8-19(24(13)33-16-9-20(14(2)27)29-11-16)18-5-6-28-21-10-17(34-25(18)21)12-30-22(31)3-4-23(30)32/h5-8,10,14,16,20,29H,3-4,9,11-12H2,1-2H3/t14?,16-,20+/m1/s1. The summed E-state index contributed by atoms with van der Waals surface area (Å²) in [5.41, 5.74) is 3.45. The number of imide groups is 1. The van der Waals surface area contributed by atoms with E-state index in [0.29, 0.717) is 18.0 Å². The molecule has 1 unspecified atom stereocenters. The van der Waals surface area contributed by atoms with Gasteiger partial charge in [0, 0.05) is 59.1 Å². The molecule has 6 nitrogen and oxygen atoms in total. The third-order valence-corrected chi connectivity index (χ3v) is 7.79. The summed E-state index contributed by atoms with van der Waals surface area (Å²) in [7, 11) is 0. The zero-order valence-corrected chi connectivity index (χ0v) is 20.5. The first-order chi connectivity index (χ1) is 16.3. The molecule has 0 bridgehead atoms. The van der Waals surface area contributed by atoms with Crippen molar-refractivity contribution in [3.05, 3.63) is 45.9 Å². The van der Waals surface area contributed by atoms with Crippen LogP contribution in [0.4, 0.5) is 4.39 Å². The Kier molecular flexibility index (Phi) is 6.31. The van der Waals surface area contributed by atoms with E-state index in [2.05, 4.69) is 10.3 Å². The highest BCUT2D eigenvalue weighted by molar-refractivity contribution is 7.19. The van der Waals surface area contributed by atoms with Crippen LogP contribution in [0.1, 0.15) is 36.6 Å². The maximum Gasteiger partial charge on any atom is 0.230 e. The van der Waals surface area contributed by atoms with Gasteiger partial charge < -0.3 is 10.1 Å². The number of nitrogens with one attached hydrogen (secondary N) is 1. The molecular formula is C25H25ClFN3O3S. The minimum atomic E-state index is -0.946. The van der Waals surface area contributed by atoms with E-state index in [9.17, 15) is 14.0 Å². The zero-order valence-electron chi connectivity index (χ0n) is 18.9. The Morgan fingerprint density at radius 3 is 2.74 bits per heavy atom. The first kappa shape index (κ1) is 23.2. The predicted octanol–water partition coefficient (Wildman–Crippen LogP) is 5.04. The number of aromatic nitrogens is 1. The Bertz CT molecular complexity index is 1260. The van der Waals surface area contributed by atoms with Crippen molar-refractivity contribution in [1.29, 1.82) is 0 Å². The highest BCUT2D eigenvalue weighted by Gasteiger charge is 2.31. The number of carbonyl (C=O) groups excluding carboxylic acids is 2. The number of nitrogens with zero attached hydrogens (tertiary/aromatic N) is 2. The smallest absolute Gasteiger partial charge is 0.230 e. The first-order valence-corrected chi connectivity index (χ1v) is 12.5. The van der Waals surface area contributed by atoms with Gasteiger partial charge in [-0.3, -0.25) is 19.5 Å². The number of halogens is 2. The molecule has 34 heavy (non-hydrogen) atoms. The van der Waals surface area contributed by atoms with Crippen LogP contribution in [0.5, 0.6) is 5.75 Å². The summed E-state index contributed by atoms with van der Waals surface area (Å²) >= 11 is 7.95. The number of thiophene rings is 1. The van der Waals surface area contributed by atoms with E-state index in [-0.39, 0.29) is 43.3 Å². The molecule has 2 saturated heterocycles. The molecule has 2 aliphatic rings. The zero-order chi connectivity index (χ0) is 24.0. The summed E-state index contributed by atoms with van der Waals surface area (Å²) in [6.07, 6.45) is 1.77. The Balaban J connectivity index is 1.51. The molecule has 0 aliphatic carbocycles. The van der Waals surface area contributed by atoms with Crippen LogP contribution in [0.2, 0.25) is 5.02 Å². The van der Waals surface area contributed by atoms with Crippen LogP contribution < -0.4 is 10.1 Å². The van der Waals surface area contributed by atoms with Gasteiger partial charge in [-0.1, -0.05) is 11.6 Å². The molecule has 0 saturated carbocycles. The van der Waals surface area contributed by atoms with Gasteiger partial charge in [0.05, 0.1) is 16.8 Å². The molecule has 1 N–H and O–H groups in total. The molecule has 2 amide bonds. The second-order valence-corrected chi connectivity index (χ2v) is 10.5. The fourth-order valence-corrected chi connectivity index (χ4v) is 6.06. The van der Waals surface area contributed by atoms with Crippen molar-refractivity contribution < 1.29 is 18.7 Å². The minimum Gasteiger partial charge on any atom is -0.488 e. The van der Waals surface area contributed by atoms with Crippen LogP contribution in [0.15, 0.2) is 30.5 Å². The number of pyridine rings is 1. The lowest BCUT2D eigenvalue weighted by molar-refractivity contribution is -0.138. The largest absolute Gasteiger partial charge is 0.488 e. The molecule has 5 rings (SSSR count). The number of alkyl halides is 1. The SMILES string of the molecule is Cc1cc(Cl)cc(-c2ccnc3cc(CN4C(=O)CCC4=O)sc23)c1O[C@H]1CN[C@H](C(C)F)C1. The predicted molar refractivity (Wildman–Crippen MR) is 131 cm³/mol. The number of carbonyl (C=O) groups is 2. The molecule has 3 aromatic rings. The highest BCUT2D eigenvalue weighted by Crippen LogP contribution is 2.42. The summed E-state index contributed by atoms with van der Waals surface area (Å²) in [5.74, 6) is 0.446. The summed E-state index contributed by atoms with van der Waals surface area (Å²) in [4.78, 5) is 30.9. The van der Waals surface area contributed by atoms with Gasteiger partial charge >= 0.3 is 0 Å². The second-order valence-electron chi connectivity index (χ2n) is 8.93. The van der Waals surface area contributed by atoms with Gasteiger partial charge in [0.15, 0.2) is 0 Å². The number of likely N-dealkylation sites (tertiary alicyclic amines) is 1. The topological polar surface area (TPSA) is 71.5 Å². The monoisotopic (exact) mass is 501 g/mol. The molecule has 4 heterocycles. The number of aryl methyl sites for hydroxylation is 1. The van der Waals surface area contributed by atoms with Crippen molar-refractivity contribution in [2.75, 3.05) is 6.54 Å². The Morgan fingerprint density at radius 1 is 1.26 bits per heavy atom. The van der Waals surface area contributed by atoms with Crippen molar-refractivity contribution in [2.24, 2.45) is 0 Å². The number of hydrogen-bond acceptors (Lipinski definition) is 6. The van der Waals surface area contributed by atoms with E-state index in [1.54, 1.807) is 13.1 Å². The Hall–Kier alpha value is -2.55. The van der Waals surface area contributed by atoms with Gasteiger partial charge in [0.1, 0.15) is 18.0 Å².